The Kier molecular flexibility index (Phi) is 5.42. The molecule has 2 heterocycles. The largest absolute Gasteiger partial charge is 0.508 e. The number of ether oxygens (including phenoxy) is 1. The van der Waals surface area contributed by atoms with Crippen molar-refractivity contribution in [3.05, 3.63) is 57.0 Å². The van der Waals surface area contributed by atoms with Crippen LogP contribution in [0.15, 0.2) is 35.1 Å². The topological polar surface area (TPSA) is 64.4 Å². The monoisotopic (exact) mass is 468 g/mol. The maximum atomic E-state index is 14.0. The van der Waals surface area contributed by atoms with Crippen LogP contribution < -0.4 is 0 Å². The lowest BCUT2D eigenvalue weighted by molar-refractivity contribution is 0.0543. The molecule has 0 fully saturated rings. The fourth-order valence-electron chi connectivity index (χ4n) is 3.03. The van der Waals surface area contributed by atoms with Crippen molar-refractivity contribution in [3.63, 3.8) is 0 Å². The minimum absolute atomic E-state index is 0.125. The van der Waals surface area contributed by atoms with Crippen LogP contribution in [0.5, 0.6) is 5.75 Å². The third-order valence-corrected chi connectivity index (χ3v) is 5.06. The van der Waals surface area contributed by atoms with Crippen molar-refractivity contribution < 1.29 is 19.0 Å². The molecule has 1 unspecified atom stereocenters. The average molecular weight is 470 g/mol. The van der Waals surface area contributed by atoms with Gasteiger partial charge in [0.1, 0.15) is 22.8 Å². The molecule has 1 atom stereocenters. The second-order valence-corrected chi connectivity index (χ2v) is 8.77. The molecule has 1 N–H and O–H groups in total. The number of phenolic OH excluding ortho intramolecular Hbond substituents is 1. The molecule has 28 heavy (non-hydrogen) atoms. The number of aromatic hydroxyl groups is 1. The number of hydrogen-bond donors (Lipinski definition) is 1. The number of hydrogen-bond acceptors (Lipinski definition) is 4. The number of fused-ring (bicyclic) bond motifs is 1. The van der Waals surface area contributed by atoms with E-state index < -0.39 is 23.4 Å². The summed E-state index contributed by atoms with van der Waals surface area (Å²) in [6, 6.07) is 4.17. The second-order valence-electron chi connectivity index (χ2n) is 7.48. The number of carbonyl (C=O) groups excluding carboxylic acids is 1. The van der Waals surface area contributed by atoms with Gasteiger partial charge >= 0.3 is 6.09 Å². The number of nitrogens with zero attached hydrogens (tertiary/aromatic N) is 2. The number of pyridine rings is 1. The van der Waals surface area contributed by atoms with E-state index in [-0.39, 0.29) is 16.3 Å². The Balaban J connectivity index is 2.21. The zero-order chi connectivity index (χ0) is 20.8. The van der Waals surface area contributed by atoms with Crippen molar-refractivity contribution in [1.29, 1.82) is 0 Å². The first-order chi connectivity index (χ1) is 13.0. The second kappa shape index (κ2) is 7.37. The Morgan fingerprint density at radius 2 is 2.07 bits per heavy atom. The Morgan fingerprint density at radius 3 is 2.71 bits per heavy atom. The van der Waals surface area contributed by atoms with E-state index in [4.69, 9.17) is 16.3 Å². The molecule has 5 nitrogen and oxygen atoms in total. The van der Waals surface area contributed by atoms with Crippen LogP contribution in [0, 0.1) is 5.82 Å². The molecular formula is C20H19BrClFN2O3. The van der Waals surface area contributed by atoms with Gasteiger partial charge < -0.3 is 9.84 Å². The van der Waals surface area contributed by atoms with Crippen molar-refractivity contribution in [2.75, 3.05) is 0 Å². The van der Waals surface area contributed by atoms with Gasteiger partial charge in [-0.2, -0.15) is 0 Å². The number of carbonyl (C=O) groups is 1. The maximum absolute atomic E-state index is 14.0. The van der Waals surface area contributed by atoms with Crippen LogP contribution in [0.2, 0.25) is 5.02 Å². The van der Waals surface area contributed by atoms with E-state index in [9.17, 15) is 14.3 Å². The van der Waals surface area contributed by atoms with Gasteiger partial charge in [-0.05, 0) is 60.5 Å². The summed E-state index contributed by atoms with van der Waals surface area (Å²) < 4.78 is 21.5. The Hall–Kier alpha value is -2.12. The normalized spacial score (nSPS) is 13.0. The molecule has 0 aliphatic rings. The van der Waals surface area contributed by atoms with Gasteiger partial charge in [0.15, 0.2) is 0 Å². The van der Waals surface area contributed by atoms with E-state index in [1.165, 1.54) is 10.6 Å². The van der Waals surface area contributed by atoms with Gasteiger partial charge in [0.2, 0.25) is 0 Å². The fraction of sp³-hybridized carbons (Fsp3) is 0.300. The molecule has 0 bridgehead atoms. The summed E-state index contributed by atoms with van der Waals surface area (Å²) in [4.78, 5) is 17.0. The van der Waals surface area contributed by atoms with Crippen molar-refractivity contribution in [2.24, 2.45) is 0 Å². The zero-order valence-corrected chi connectivity index (χ0v) is 18.1. The molecule has 3 aromatic rings. The van der Waals surface area contributed by atoms with E-state index in [2.05, 4.69) is 20.9 Å². The van der Waals surface area contributed by atoms with Gasteiger partial charge in [-0.15, -0.1) is 0 Å². The Labute approximate surface area is 175 Å². The van der Waals surface area contributed by atoms with Gasteiger partial charge in [-0.25, -0.2) is 18.7 Å². The van der Waals surface area contributed by atoms with E-state index in [1.807, 2.05) is 0 Å². The SMILES string of the molecule is CC(c1c(O)ccc(F)c1Cl)c1cn(C(=O)OC(C)(C)C)c2ncc(Br)cc12. The summed E-state index contributed by atoms with van der Waals surface area (Å²) in [5, 5.41) is 10.8. The average Bonchev–Trinajstić information content (AvgIpc) is 2.95. The van der Waals surface area contributed by atoms with E-state index in [0.717, 1.165) is 6.07 Å². The summed E-state index contributed by atoms with van der Waals surface area (Å²) in [7, 11) is 0. The number of aromatic nitrogens is 2. The van der Waals surface area contributed by atoms with E-state index >= 15 is 0 Å². The standard InChI is InChI=1S/C20H19BrClFN2O3/c1-10(16-15(26)6-5-14(23)17(16)22)13-9-25(19(27)28-20(2,3)4)18-12(13)7-11(21)8-24-18/h5-10,26H,1-4H3. The molecule has 0 aliphatic heterocycles. The minimum Gasteiger partial charge on any atom is -0.508 e. The van der Waals surface area contributed by atoms with Crippen LogP contribution in [0.25, 0.3) is 11.0 Å². The highest BCUT2D eigenvalue weighted by atomic mass is 79.9. The van der Waals surface area contributed by atoms with Crippen molar-refractivity contribution in [3.8, 4) is 5.75 Å². The molecule has 0 saturated heterocycles. The summed E-state index contributed by atoms with van der Waals surface area (Å²) in [5.74, 6) is -1.26. The highest BCUT2D eigenvalue weighted by Gasteiger charge is 2.26. The highest BCUT2D eigenvalue weighted by Crippen LogP contribution is 2.40. The molecule has 1 aromatic carbocycles. The molecule has 0 spiro atoms. The maximum Gasteiger partial charge on any atom is 0.420 e. The first-order valence-corrected chi connectivity index (χ1v) is 9.73. The Morgan fingerprint density at radius 1 is 1.39 bits per heavy atom. The summed E-state index contributed by atoms with van der Waals surface area (Å²) in [6.45, 7) is 7.09. The third kappa shape index (κ3) is 3.86. The number of benzene rings is 1. The predicted octanol–water partition coefficient (Wildman–Crippen LogP) is 6.23. The lowest BCUT2D eigenvalue weighted by Gasteiger charge is -2.19. The number of rotatable bonds is 2. The molecule has 0 radical (unpaired) electrons. The van der Waals surface area contributed by atoms with Gasteiger partial charge in [0.25, 0.3) is 0 Å². The van der Waals surface area contributed by atoms with Crippen molar-refractivity contribution in [2.45, 2.75) is 39.2 Å². The van der Waals surface area contributed by atoms with Gasteiger partial charge in [0.05, 0.1) is 5.02 Å². The van der Waals surface area contributed by atoms with Gasteiger partial charge in [-0.1, -0.05) is 18.5 Å². The van der Waals surface area contributed by atoms with Crippen molar-refractivity contribution >= 4 is 44.7 Å². The summed E-state index contributed by atoms with van der Waals surface area (Å²) in [6.07, 6.45) is 2.58. The lowest BCUT2D eigenvalue weighted by Crippen LogP contribution is -2.26. The molecule has 8 heteroatoms. The van der Waals surface area contributed by atoms with Crippen LogP contribution in [0.4, 0.5) is 9.18 Å². The first kappa shape index (κ1) is 20.6. The summed E-state index contributed by atoms with van der Waals surface area (Å²) >= 11 is 9.51. The van der Waals surface area contributed by atoms with Crippen LogP contribution in [-0.4, -0.2) is 26.4 Å². The van der Waals surface area contributed by atoms with Crippen LogP contribution >= 0.6 is 27.5 Å². The molecule has 0 aliphatic carbocycles. The molecule has 148 valence electrons. The predicted molar refractivity (Wildman–Crippen MR) is 110 cm³/mol. The van der Waals surface area contributed by atoms with Crippen LogP contribution in [-0.2, 0) is 4.74 Å². The first-order valence-electron chi connectivity index (χ1n) is 8.56. The molecule has 3 rings (SSSR count). The van der Waals surface area contributed by atoms with Gasteiger partial charge in [0, 0.05) is 33.7 Å². The van der Waals surface area contributed by atoms with E-state index in [0.29, 0.717) is 21.1 Å². The van der Waals surface area contributed by atoms with Gasteiger partial charge in [-0.3, -0.25) is 0 Å². The molecule has 0 amide bonds. The van der Waals surface area contributed by atoms with Crippen molar-refractivity contribution in [1.82, 2.24) is 9.55 Å². The number of halogens is 3. The third-order valence-electron chi connectivity index (χ3n) is 4.24. The molecule has 0 saturated carbocycles. The summed E-state index contributed by atoms with van der Waals surface area (Å²) in [5.41, 5.74) is 0.604. The number of phenols is 1. The lowest BCUT2D eigenvalue weighted by atomic mass is 9.92. The fourth-order valence-corrected chi connectivity index (χ4v) is 3.68. The molecular weight excluding hydrogens is 451 g/mol. The highest BCUT2D eigenvalue weighted by molar-refractivity contribution is 9.10. The van der Waals surface area contributed by atoms with E-state index in [1.54, 1.807) is 46.2 Å². The zero-order valence-electron chi connectivity index (χ0n) is 15.8. The Bertz CT molecular complexity index is 1080. The quantitative estimate of drug-likeness (QED) is 0.483. The van der Waals surface area contributed by atoms with Crippen LogP contribution in [0.3, 0.4) is 0 Å². The molecule has 2 aromatic heterocycles. The smallest absolute Gasteiger partial charge is 0.420 e. The van der Waals surface area contributed by atoms with Crippen LogP contribution in [0.1, 0.15) is 44.7 Å². The minimum atomic E-state index is -0.682.